The van der Waals surface area contributed by atoms with Gasteiger partial charge in [-0.2, -0.15) is 26.3 Å². The van der Waals surface area contributed by atoms with Crippen LogP contribution in [0, 0.1) is 0 Å². The standard InChI is InChI=1S/C12H12F6N2O2.ClH/c1-22-5-9(19)10(21)20-8-3-6(11(13,14)15)2-7(4-8)12(16,17)18;/h2-4,9H,5,19H2,1H3,(H,20,21);1H. The summed E-state index contributed by atoms with van der Waals surface area (Å²) < 4.78 is 80.3. The van der Waals surface area contributed by atoms with Crippen LogP contribution in [0.15, 0.2) is 18.2 Å². The van der Waals surface area contributed by atoms with Crippen molar-refractivity contribution in [2.24, 2.45) is 5.73 Å². The monoisotopic (exact) mass is 366 g/mol. The predicted molar refractivity (Wildman–Crippen MR) is 72.2 cm³/mol. The van der Waals surface area contributed by atoms with Gasteiger partial charge in [0.2, 0.25) is 5.91 Å². The van der Waals surface area contributed by atoms with Crippen molar-refractivity contribution in [3.63, 3.8) is 0 Å². The molecule has 11 heteroatoms. The van der Waals surface area contributed by atoms with Crippen LogP contribution in [0.2, 0.25) is 0 Å². The van der Waals surface area contributed by atoms with Gasteiger partial charge in [0.05, 0.1) is 17.7 Å². The highest BCUT2D eigenvalue weighted by Gasteiger charge is 2.37. The van der Waals surface area contributed by atoms with E-state index in [-0.39, 0.29) is 25.1 Å². The Hall–Kier alpha value is -1.52. The summed E-state index contributed by atoms with van der Waals surface area (Å²) in [7, 11) is 1.24. The van der Waals surface area contributed by atoms with Gasteiger partial charge in [0, 0.05) is 12.8 Å². The van der Waals surface area contributed by atoms with Gasteiger partial charge in [0.25, 0.3) is 0 Å². The number of ether oxygens (including phenoxy) is 1. The molecule has 1 amide bonds. The number of carbonyl (C=O) groups is 1. The van der Waals surface area contributed by atoms with Gasteiger partial charge in [-0.25, -0.2) is 0 Å². The second-order valence-electron chi connectivity index (χ2n) is 4.35. The fraction of sp³-hybridized carbons (Fsp3) is 0.417. The molecule has 0 aliphatic carbocycles. The molecule has 0 radical (unpaired) electrons. The van der Waals surface area contributed by atoms with Crippen molar-refractivity contribution in [3.05, 3.63) is 29.3 Å². The van der Waals surface area contributed by atoms with Crippen molar-refractivity contribution in [2.75, 3.05) is 19.0 Å². The van der Waals surface area contributed by atoms with Gasteiger partial charge in [-0.3, -0.25) is 4.79 Å². The van der Waals surface area contributed by atoms with Crippen LogP contribution in [-0.2, 0) is 21.9 Å². The molecule has 1 aromatic carbocycles. The molecule has 3 N–H and O–H groups in total. The minimum absolute atomic E-state index is 0. The third-order valence-electron chi connectivity index (χ3n) is 2.54. The van der Waals surface area contributed by atoms with Gasteiger partial charge in [0.1, 0.15) is 6.04 Å². The van der Waals surface area contributed by atoms with Gasteiger partial charge >= 0.3 is 12.4 Å². The molecule has 1 unspecified atom stereocenters. The molecular formula is C12H13ClF6N2O2. The van der Waals surface area contributed by atoms with Gasteiger partial charge in [-0.1, -0.05) is 0 Å². The zero-order valence-corrected chi connectivity index (χ0v) is 12.4. The lowest BCUT2D eigenvalue weighted by Crippen LogP contribution is -2.39. The quantitative estimate of drug-likeness (QED) is 0.805. The molecule has 0 spiro atoms. The van der Waals surface area contributed by atoms with Crippen LogP contribution in [0.5, 0.6) is 0 Å². The first-order valence-corrected chi connectivity index (χ1v) is 5.80. The second-order valence-corrected chi connectivity index (χ2v) is 4.35. The van der Waals surface area contributed by atoms with Crippen LogP contribution in [0.25, 0.3) is 0 Å². The Morgan fingerprint density at radius 1 is 1.13 bits per heavy atom. The first-order valence-electron chi connectivity index (χ1n) is 5.80. The highest BCUT2D eigenvalue weighted by Crippen LogP contribution is 2.37. The molecular weight excluding hydrogens is 354 g/mol. The van der Waals surface area contributed by atoms with E-state index in [0.717, 1.165) is 0 Å². The summed E-state index contributed by atoms with van der Waals surface area (Å²) in [6, 6.07) is -0.474. The Balaban J connectivity index is 0.00000484. The topological polar surface area (TPSA) is 64.3 Å². The van der Waals surface area contributed by atoms with E-state index in [1.165, 1.54) is 7.11 Å². The van der Waals surface area contributed by atoms with Crippen molar-refractivity contribution in [1.82, 2.24) is 0 Å². The third-order valence-corrected chi connectivity index (χ3v) is 2.54. The lowest BCUT2D eigenvalue weighted by Gasteiger charge is -2.16. The number of nitrogens with one attached hydrogen (secondary N) is 1. The number of rotatable bonds is 4. The SMILES string of the molecule is COCC(N)C(=O)Nc1cc(C(F)(F)F)cc(C(F)(F)F)c1.Cl. The van der Waals surface area contributed by atoms with Crippen LogP contribution in [-0.4, -0.2) is 25.7 Å². The number of methoxy groups -OCH3 is 1. The smallest absolute Gasteiger partial charge is 0.383 e. The number of alkyl halides is 6. The summed E-state index contributed by atoms with van der Waals surface area (Å²) in [6.07, 6.45) is -9.98. The number of hydrogen-bond donors (Lipinski definition) is 2. The molecule has 0 saturated heterocycles. The molecule has 0 aliphatic rings. The summed E-state index contributed by atoms with van der Waals surface area (Å²) in [5, 5.41) is 1.91. The minimum atomic E-state index is -4.99. The number of carbonyl (C=O) groups excluding carboxylic acids is 1. The van der Waals surface area contributed by atoms with Gasteiger partial charge in [-0.05, 0) is 18.2 Å². The van der Waals surface area contributed by atoms with Crippen LogP contribution in [0.1, 0.15) is 11.1 Å². The first kappa shape index (κ1) is 21.5. The highest BCUT2D eigenvalue weighted by atomic mass is 35.5. The number of halogens is 7. The normalized spacial score (nSPS) is 13.2. The fourth-order valence-electron chi connectivity index (χ4n) is 1.52. The molecule has 0 bridgehead atoms. The number of amides is 1. The Morgan fingerprint density at radius 3 is 1.91 bits per heavy atom. The largest absolute Gasteiger partial charge is 0.416 e. The van der Waals surface area contributed by atoms with E-state index in [0.29, 0.717) is 12.1 Å². The molecule has 23 heavy (non-hydrogen) atoms. The van der Waals surface area contributed by atoms with E-state index < -0.39 is 41.1 Å². The summed E-state index contributed by atoms with van der Waals surface area (Å²) in [5.74, 6) is -0.964. The van der Waals surface area contributed by atoms with Crippen molar-refractivity contribution in [2.45, 2.75) is 18.4 Å². The molecule has 0 saturated carbocycles. The van der Waals surface area contributed by atoms with E-state index in [2.05, 4.69) is 4.74 Å². The Labute approximate surface area is 133 Å². The molecule has 1 aromatic rings. The van der Waals surface area contributed by atoms with Gasteiger partial charge in [0.15, 0.2) is 0 Å². The van der Waals surface area contributed by atoms with E-state index in [1.807, 2.05) is 5.32 Å². The molecule has 4 nitrogen and oxygen atoms in total. The third kappa shape index (κ3) is 6.24. The van der Waals surface area contributed by atoms with Crippen LogP contribution in [0.3, 0.4) is 0 Å². The van der Waals surface area contributed by atoms with E-state index >= 15 is 0 Å². The number of hydrogen-bond acceptors (Lipinski definition) is 3. The predicted octanol–water partition coefficient (Wildman–Crippen LogP) is 3.06. The summed E-state index contributed by atoms with van der Waals surface area (Å²) in [4.78, 5) is 11.5. The number of nitrogens with two attached hydrogens (primary N) is 1. The maximum Gasteiger partial charge on any atom is 0.416 e. The van der Waals surface area contributed by atoms with Crippen molar-refractivity contribution in [1.29, 1.82) is 0 Å². The summed E-state index contributed by atoms with van der Waals surface area (Å²) in [5.41, 5.74) is 1.63. The number of anilines is 1. The van der Waals surface area contributed by atoms with Crippen LogP contribution < -0.4 is 11.1 Å². The maximum atomic E-state index is 12.6. The number of benzene rings is 1. The maximum absolute atomic E-state index is 12.6. The Morgan fingerprint density at radius 2 is 1.57 bits per heavy atom. The lowest BCUT2D eigenvalue weighted by atomic mass is 10.1. The average molecular weight is 367 g/mol. The molecule has 1 rings (SSSR count). The minimum Gasteiger partial charge on any atom is -0.383 e. The summed E-state index contributed by atoms with van der Waals surface area (Å²) in [6.45, 7) is -0.239. The fourth-order valence-corrected chi connectivity index (χ4v) is 1.52. The molecule has 132 valence electrons. The zero-order chi connectivity index (χ0) is 17.1. The van der Waals surface area contributed by atoms with Gasteiger partial charge in [-0.15, -0.1) is 12.4 Å². The first-order chi connectivity index (χ1) is 9.95. The molecule has 0 aliphatic heterocycles. The van der Waals surface area contributed by atoms with Gasteiger partial charge < -0.3 is 15.8 Å². The van der Waals surface area contributed by atoms with Crippen molar-refractivity contribution >= 4 is 24.0 Å². The van der Waals surface area contributed by atoms with Crippen molar-refractivity contribution in [3.8, 4) is 0 Å². The molecule has 1 atom stereocenters. The summed E-state index contributed by atoms with van der Waals surface area (Å²) >= 11 is 0. The Kier molecular flexibility index (Phi) is 7.32. The van der Waals surface area contributed by atoms with E-state index in [9.17, 15) is 31.1 Å². The van der Waals surface area contributed by atoms with Crippen molar-refractivity contribution < 1.29 is 35.9 Å². The molecule has 0 aromatic heterocycles. The van der Waals surface area contributed by atoms with Crippen LogP contribution >= 0.6 is 12.4 Å². The highest BCUT2D eigenvalue weighted by molar-refractivity contribution is 5.95. The Bertz CT molecular complexity index is 515. The van der Waals surface area contributed by atoms with E-state index in [1.54, 1.807) is 0 Å². The zero-order valence-electron chi connectivity index (χ0n) is 11.6. The van der Waals surface area contributed by atoms with Crippen LogP contribution in [0.4, 0.5) is 32.0 Å². The lowest BCUT2D eigenvalue weighted by molar-refractivity contribution is -0.143. The molecule has 0 heterocycles. The molecule has 0 fully saturated rings. The average Bonchev–Trinajstić information content (AvgIpc) is 2.36. The second kappa shape index (κ2) is 7.84. The van der Waals surface area contributed by atoms with E-state index in [4.69, 9.17) is 5.73 Å².